The molecule has 1 saturated heterocycles. The minimum Gasteiger partial charge on any atom is -0.464 e. The Labute approximate surface area is 62.6 Å². The van der Waals surface area contributed by atoms with Crippen LogP contribution in [0.15, 0.2) is 0 Å². The molecule has 0 radical (unpaired) electrons. The molecule has 1 aliphatic heterocycles. The zero-order valence-electron chi connectivity index (χ0n) is 5.74. The van der Waals surface area contributed by atoms with Crippen LogP contribution in [-0.4, -0.2) is 27.9 Å². The highest BCUT2D eigenvalue weighted by atomic mass is 16.4. The van der Waals surface area contributed by atoms with E-state index in [0.29, 0.717) is 6.42 Å². The van der Waals surface area contributed by atoms with Crippen LogP contribution >= 0.6 is 0 Å². The Kier molecular flexibility index (Phi) is 1.89. The zero-order chi connectivity index (χ0) is 8.43. The molecule has 3 amide bonds. The number of amides is 3. The van der Waals surface area contributed by atoms with Crippen LogP contribution < -0.4 is 0 Å². The van der Waals surface area contributed by atoms with E-state index < -0.39 is 17.9 Å². The molecule has 0 saturated carbocycles. The summed E-state index contributed by atoms with van der Waals surface area (Å²) in [4.78, 5) is 32.1. The lowest BCUT2D eigenvalue weighted by Crippen LogP contribution is -2.43. The van der Waals surface area contributed by atoms with E-state index in [2.05, 4.69) is 0 Å². The molecule has 0 unspecified atom stereocenters. The van der Waals surface area contributed by atoms with Crippen molar-refractivity contribution in [1.82, 2.24) is 4.90 Å². The van der Waals surface area contributed by atoms with Crippen LogP contribution in [0.5, 0.6) is 0 Å². The first-order valence-corrected chi connectivity index (χ1v) is 3.21. The van der Waals surface area contributed by atoms with Gasteiger partial charge in [0.05, 0.1) is 0 Å². The van der Waals surface area contributed by atoms with Gasteiger partial charge in [-0.15, -0.1) is 0 Å². The van der Waals surface area contributed by atoms with Gasteiger partial charge in [-0.25, -0.2) is 4.79 Å². The number of carbonyl (C=O) groups is 3. The number of carboxylic acid groups (broad SMARTS) is 1. The van der Waals surface area contributed by atoms with E-state index in [-0.39, 0.29) is 17.7 Å². The Bertz CT molecular complexity index is 207. The van der Waals surface area contributed by atoms with Gasteiger partial charge in [-0.1, -0.05) is 0 Å². The Balaban J connectivity index is 2.79. The third-order valence-corrected chi connectivity index (χ3v) is 1.47. The fourth-order valence-electron chi connectivity index (χ4n) is 0.967. The normalized spacial score (nSPS) is 18.7. The van der Waals surface area contributed by atoms with Crippen molar-refractivity contribution < 1.29 is 19.5 Å². The summed E-state index contributed by atoms with van der Waals surface area (Å²) in [7, 11) is 0. The van der Waals surface area contributed by atoms with Crippen molar-refractivity contribution in [1.29, 1.82) is 0 Å². The average Bonchev–Trinajstić information content (AvgIpc) is 1.85. The van der Waals surface area contributed by atoms with Gasteiger partial charge in [0.15, 0.2) is 0 Å². The van der Waals surface area contributed by atoms with Gasteiger partial charge in [0.2, 0.25) is 11.8 Å². The molecule has 0 aromatic rings. The molecule has 1 N–H and O–H groups in total. The molecule has 5 nitrogen and oxygen atoms in total. The molecule has 0 aromatic heterocycles. The molecule has 60 valence electrons. The maximum absolute atomic E-state index is 10.8. The summed E-state index contributed by atoms with van der Waals surface area (Å²) in [5.74, 6) is -1.23. The summed E-state index contributed by atoms with van der Waals surface area (Å²) in [6.07, 6.45) is -0.711. The summed E-state index contributed by atoms with van der Waals surface area (Å²) in [5, 5.41) is 8.36. The predicted octanol–water partition coefficient (Wildman–Crippen LogP) is 0.204. The highest BCUT2D eigenvalue weighted by molar-refractivity contribution is 6.09. The van der Waals surface area contributed by atoms with Crippen molar-refractivity contribution in [3.05, 3.63) is 0 Å². The second kappa shape index (κ2) is 2.69. The van der Waals surface area contributed by atoms with Crippen LogP contribution in [0.4, 0.5) is 4.79 Å². The molecule has 0 atom stereocenters. The molecule has 1 rings (SSSR count). The highest BCUT2D eigenvalue weighted by Crippen LogP contribution is 2.11. The van der Waals surface area contributed by atoms with E-state index in [1.165, 1.54) is 0 Å². The third kappa shape index (κ3) is 1.36. The van der Waals surface area contributed by atoms with Crippen LogP contribution in [0.25, 0.3) is 0 Å². The number of carbonyl (C=O) groups excluding carboxylic acids is 2. The van der Waals surface area contributed by atoms with Crippen molar-refractivity contribution in [2.75, 3.05) is 0 Å². The number of imide groups is 3. The maximum atomic E-state index is 10.8. The van der Waals surface area contributed by atoms with Gasteiger partial charge in [-0.3, -0.25) is 9.59 Å². The van der Waals surface area contributed by atoms with Crippen LogP contribution in [0, 0.1) is 0 Å². The summed E-state index contributed by atoms with van der Waals surface area (Å²) < 4.78 is 0. The highest BCUT2D eigenvalue weighted by Gasteiger charge is 2.30. The standard InChI is InChI=1S/C6H7NO4/c8-4-2-1-3-5(9)7(4)6(10)11/h1-3H2,(H,10,11). The zero-order valence-corrected chi connectivity index (χ0v) is 5.74. The third-order valence-electron chi connectivity index (χ3n) is 1.47. The van der Waals surface area contributed by atoms with E-state index in [9.17, 15) is 14.4 Å². The van der Waals surface area contributed by atoms with Crippen molar-refractivity contribution >= 4 is 17.9 Å². The fraction of sp³-hybridized carbons (Fsp3) is 0.500. The van der Waals surface area contributed by atoms with E-state index in [4.69, 9.17) is 5.11 Å². The number of likely N-dealkylation sites (tertiary alicyclic amines) is 1. The van der Waals surface area contributed by atoms with Crippen molar-refractivity contribution in [2.45, 2.75) is 19.3 Å². The first-order chi connectivity index (χ1) is 5.13. The van der Waals surface area contributed by atoms with Gasteiger partial charge in [0.1, 0.15) is 0 Å². The molecule has 11 heavy (non-hydrogen) atoms. The summed E-state index contributed by atoms with van der Waals surface area (Å²) >= 11 is 0. The Morgan fingerprint density at radius 1 is 1.27 bits per heavy atom. The monoisotopic (exact) mass is 157 g/mol. The minimum atomic E-state index is -1.47. The quantitative estimate of drug-likeness (QED) is 0.510. The van der Waals surface area contributed by atoms with Crippen molar-refractivity contribution in [3.63, 3.8) is 0 Å². The van der Waals surface area contributed by atoms with E-state index in [0.717, 1.165) is 0 Å². The van der Waals surface area contributed by atoms with Crippen LogP contribution in [0.2, 0.25) is 0 Å². The smallest absolute Gasteiger partial charge is 0.421 e. The van der Waals surface area contributed by atoms with Crippen molar-refractivity contribution in [3.8, 4) is 0 Å². The molecule has 1 heterocycles. The number of nitrogens with zero attached hydrogens (tertiary/aromatic N) is 1. The molecule has 0 aromatic carbocycles. The van der Waals surface area contributed by atoms with Crippen LogP contribution in [-0.2, 0) is 9.59 Å². The van der Waals surface area contributed by atoms with Gasteiger partial charge < -0.3 is 5.11 Å². The summed E-state index contributed by atoms with van der Waals surface area (Å²) in [6.45, 7) is 0. The lowest BCUT2D eigenvalue weighted by Gasteiger charge is -2.19. The SMILES string of the molecule is O=C(O)N1C(=O)CCCC1=O. The lowest BCUT2D eigenvalue weighted by atomic mass is 10.1. The van der Waals surface area contributed by atoms with E-state index in [1.807, 2.05) is 0 Å². The van der Waals surface area contributed by atoms with E-state index in [1.54, 1.807) is 0 Å². The largest absolute Gasteiger partial charge is 0.464 e. The molecule has 1 fully saturated rings. The second-order valence-corrected chi connectivity index (χ2v) is 2.26. The molecule has 0 aliphatic carbocycles. The van der Waals surface area contributed by atoms with Crippen LogP contribution in [0.1, 0.15) is 19.3 Å². The number of hydrogen-bond acceptors (Lipinski definition) is 3. The van der Waals surface area contributed by atoms with Gasteiger partial charge in [0, 0.05) is 12.8 Å². The van der Waals surface area contributed by atoms with Gasteiger partial charge in [0.25, 0.3) is 0 Å². The summed E-state index contributed by atoms with van der Waals surface area (Å²) in [5.41, 5.74) is 0. The Hall–Kier alpha value is -1.39. The van der Waals surface area contributed by atoms with Gasteiger partial charge in [-0.05, 0) is 6.42 Å². The Morgan fingerprint density at radius 2 is 1.73 bits per heavy atom. The predicted molar refractivity (Wildman–Crippen MR) is 33.7 cm³/mol. The maximum Gasteiger partial charge on any atom is 0.421 e. The fourth-order valence-corrected chi connectivity index (χ4v) is 0.967. The summed E-state index contributed by atoms with van der Waals surface area (Å²) in [6, 6.07) is 0. The Morgan fingerprint density at radius 3 is 2.00 bits per heavy atom. The molecular weight excluding hydrogens is 150 g/mol. The average molecular weight is 157 g/mol. The molecule has 0 spiro atoms. The van der Waals surface area contributed by atoms with Crippen LogP contribution in [0.3, 0.4) is 0 Å². The van der Waals surface area contributed by atoms with Gasteiger partial charge in [-0.2, -0.15) is 4.90 Å². The van der Waals surface area contributed by atoms with E-state index >= 15 is 0 Å². The number of hydrogen-bond donors (Lipinski definition) is 1. The topological polar surface area (TPSA) is 74.7 Å². The molecule has 0 bridgehead atoms. The molecule has 5 heteroatoms. The lowest BCUT2D eigenvalue weighted by molar-refractivity contribution is -0.144. The van der Waals surface area contributed by atoms with Gasteiger partial charge >= 0.3 is 6.09 Å². The minimum absolute atomic E-state index is 0.151. The van der Waals surface area contributed by atoms with Crippen molar-refractivity contribution in [2.24, 2.45) is 0 Å². The second-order valence-electron chi connectivity index (χ2n) is 2.26. The first kappa shape index (κ1) is 7.71. The number of rotatable bonds is 0. The number of piperidine rings is 1. The molecular formula is C6H7NO4. The first-order valence-electron chi connectivity index (χ1n) is 3.21. The molecule has 1 aliphatic rings.